The molecule has 0 unspecified atom stereocenters. The molecule has 0 saturated carbocycles. The first-order valence-electron chi connectivity index (χ1n) is 9.70. The summed E-state index contributed by atoms with van der Waals surface area (Å²) in [7, 11) is 0. The van der Waals surface area contributed by atoms with Crippen molar-refractivity contribution in [3.8, 4) is 11.5 Å². The fraction of sp³-hybridized carbons (Fsp3) is 0.318. The van der Waals surface area contributed by atoms with Crippen molar-refractivity contribution in [2.24, 2.45) is 5.10 Å². The lowest BCUT2D eigenvalue weighted by molar-refractivity contribution is 0.203. The highest BCUT2D eigenvalue weighted by Gasteiger charge is 2.15. The number of fused-ring (bicyclic) bond motifs is 1. The zero-order valence-electron chi connectivity index (χ0n) is 17.3. The van der Waals surface area contributed by atoms with Gasteiger partial charge in [0.05, 0.1) is 34.9 Å². The van der Waals surface area contributed by atoms with Crippen molar-refractivity contribution in [2.45, 2.75) is 40.2 Å². The third-order valence-electron chi connectivity index (χ3n) is 4.52. The van der Waals surface area contributed by atoms with Gasteiger partial charge in [0.2, 0.25) is 0 Å². The van der Waals surface area contributed by atoms with E-state index in [-0.39, 0.29) is 11.7 Å². The van der Waals surface area contributed by atoms with Gasteiger partial charge < -0.3 is 9.47 Å². The maximum absolute atomic E-state index is 12.9. The molecule has 0 bridgehead atoms. The fourth-order valence-electron chi connectivity index (χ4n) is 2.84. The van der Waals surface area contributed by atoms with Gasteiger partial charge in [0.1, 0.15) is 5.82 Å². The number of benzene rings is 2. The van der Waals surface area contributed by atoms with Crippen LogP contribution in [0.3, 0.4) is 0 Å². The van der Waals surface area contributed by atoms with Gasteiger partial charge in [-0.15, -0.1) is 0 Å². The maximum Gasteiger partial charge on any atom is 0.282 e. The average Bonchev–Trinajstić information content (AvgIpc) is 2.71. The highest BCUT2D eigenvalue weighted by molar-refractivity contribution is 9.10. The molecule has 1 heterocycles. The molecule has 0 amide bonds. The van der Waals surface area contributed by atoms with Crippen LogP contribution in [0.25, 0.3) is 10.9 Å². The van der Waals surface area contributed by atoms with Crippen LogP contribution in [0.1, 0.15) is 38.6 Å². The molecule has 0 fully saturated rings. The van der Waals surface area contributed by atoms with Crippen molar-refractivity contribution in [3.05, 3.63) is 61.6 Å². The highest BCUT2D eigenvalue weighted by Crippen LogP contribution is 2.37. The largest absolute Gasteiger partial charge is 0.490 e. The van der Waals surface area contributed by atoms with Crippen molar-refractivity contribution < 1.29 is 9.47 Å². The topological polar surface area (TPSA) is 65.7 Å². The molecule has 158 valence electrons. The third-order valence-corrected chi connectivity index (χ3v) is 5.29. The zero-order chi connectivity index (χ0) is 21.8. The van der Waals surface area contributed by atoms with Crippen LogP contribution in [-0.4, -0.2) is 28.6 Å². The van der Waals surface area contributed by atoms with Gasteiger partial charge in [-0.2, -0.15) is 9.78 Å². The van der Waals surface area contributed by atoms with Gasteiger partial charge in [-0.05, 0) is 63.1 Å². The van der Waals surface area contributed by atoms with E-state index in [9.17, 15) is 4.79 Å². The Morgan fingerprint density at radius 2 is 2.07 bits per heavy atom. The molecule has 1 aromatic heterocycles. The van der Waals surface area contributed by atoms with Crippen LogP contribution in [0.2, 0.25) is 5.02 Å². The Morgan fingerprint density at radius 1 is 1.30 bits per heavy atom. The number of ether oxygens (including phenoxy) is 2. The number of aryl methyl sites for hydroxylation is 1. The summed E-state index contributed by atoms with van der Waals surface area (Å²) in [5.41, 5.74) is 1.06. The molecule has 0 aliphatic carbocycles. The molecule has 0 aliphatic rings. The molecule has 8 heteroatoms. The number of rotatable bonds is 7. The van der Waals surface area contributed by atoms with E-state index < -0.39 is 0 Å². The lowest BCUT2D eigenvalue weighted by Gasteiger charge is -2.18. The Labute approximate surface area is 188 Å². The molecule has 0 N–H and O–H groups in total. The molecule has 30 heavy (non-hydrogen) atoms. The quantitative estimate of drug-likeness (QED) is 0.404. The second-order valence-corrected chi connectivity index (χ2v) is 8.10. The molecule has 0 radical (unpaired) electrons. The molecular weight excluding hydrogens is 470 g/mol. The van der Waals surface area contributed by atoms with Gasteiger partial charge in [0, 0.05) is 4.47 Å². The number of halogens is 2. The predicted octanol–water partition coefficient (Wildman–Crippen LogP) is 5.58. The van der Waals surface area contributed by atoms with E-state index in [1.807, 2.05) is 26.8 Å². The SMILES string of the molecule is CCOc1cc(C=Nn2c(C)nc3ccc(Br)cc3c2=O)cc(Cl)c1O[C@H](C)CC. The van der Waals surface area contributed by atoms with Crippen molar-refractivity contribution >= 4 is 44.6 Å². The molecule has 0 aliphatic heterocycles. The molecular formula is C22H23BrClN3O3. The van der Waals surface area contributed by atoms with E-state index in [1.165, 1.54) is 4.68 Å². The minimum absolute atomic E-state index is 0.00504. The lowest BCUT2D eigenvalue weighted by atomic mass is 10.2. The van der Waals surface area contributed by atoms with Crippen molar-refractivity contribution in [2.75, 3.05) is 6.61 Å². The number of nitrogens with zero attached hydrogens (tertiary/aromatic N) is 3. The van der Waals surface area contributed by atoms with E-state index >= 15 is 0 Å². The summed E-state index contributed by atoms with van der Waals surface area (Å²) in [5, 5.41) is 5.26. The van der Waals surface area contributed by atoms with E-state index in [0.29, 0.717) is 45.4 Å². The third kappa shape index (κ3) is 4.84. The van der Waals surface area contributed by atoms with Crippen LogP contribution >= 0.6 is 27.5 Å². The minimum Gasteiger partial charge on any atom is -0.490 e. The second-order valence-electron chi connectivity index (χ2n) is 6.78. The standard InChI is InChI=1S/C22H23BrClN3O3/c1-5-13(3)30-21-18(24)9-15(10-20(21)29-6-2)12-25-27-14(4)26-19-8-7-16(23)11-17(19)22(27)28/h7-13H,5-6H2,1-4H3/t13-/m1/s1. The summed E-state index contributed by atoms with van der Waals surface area (Å²) in [6.45, 7) is 8.11. The van der Waals surface area contributed by atoms with E-state index in [4.69, 9.17) is 21.1 Å². The predicted molar refractivity (Wildman–Crippen MR) is 124 cm³/mol. The number of hydrogen-bond acceptors (Lipinski definition) is 5. The first-order valence-corrected chi connectivity index (χ1v) is 10.9. The van der Waals surface area contributed by atoms with Gasteiger partial charge in [-0.25, -0.2) is 4.98 Å². The number of hydrogen-bond donors (Lipinski definition) is 0. The van der Waals surface area contributed by atoms with Crippen LogP contribution < -0.4 is 15.0 Å². The Bertz CT molecular complexity index is 1160. The van der Waals surface area contributed by atoms with E-state index in [0.717, 1.165) is 10.9 Å². The Balaban J connectivity index is 2.03. The van der Waals surface area contributed by atoms with Gasteiger partial charge >= 0.3 is 0 Å². The first-order chi connectivity index (χ1) is 14.3. The van der Waals surface area contributed by atoms with Gasteiger partial charge in [-0.3, -0.25) is 4.79 Å². The second kappa shape index (κ2) is 9.62. The molecule has 3 aromatic rings. The molecule has 1 atom stereocenters. The van der Waals surface area contributed by atoms with E-state index in [1.54, 1.807) is 37.4 Å². The zero-order valence-corrected chi connectivity index (χ0v) is 19.6. The van der Waals surface area contributed by atoms with Crippen molar-refractivity contribution in [1.82, 2.24) is 9.66 Å². The Hall–Kier alpha value is -2.38. The summed E-state index contributed by atoms with van der Waals surface area (Å²) in [5.74, 6) is 1.53. The van der Waals surface area contributed by atoms with Crippen molar-refractivity contribution in [1.29, 1.82) is 0 Å². The smallest absolute Gasteiger partial charge is 0.282 e. The average molecular weight is 493 g/mol. The molecule has 2 aromatic carbocycles. The minimum atomic E-state index is -0.247. The Kier molecular flexibility index (Phi) is 7.15. The summed E-state index contributed by atoms with van der Waals surface area (Å²) in [6, 6.07) is 8.91. The van der Waals surface area contributed by atoms with Gasteiger partial charge in [0.25, 0.3) is 5.56 Å². The first kappa shape index (κ1) is 22.3. The summed E-state index contributed by atoms with van der Waals surface area (Å²) in [4.78, 5) is 17.4. The highest BCUT2D eigenvalue weighted by atomic mass is 79.9. The summed E-state index contributed by atoms with van der Waals surface area (Å²) in [6.07, 6.45) is 2.41. The van der Waals surface area contributed by atoms with Crippen LogP contribution in [0.15, 0.2) is 44.7 Å². The molecule has 0 saturated heterocycles. The van der Waals surface area contributed by atoms with Gasteiger partial charge in [-0.1, -0.05) is 34.5 Å². The van der Waals surface area contributed by atoms with Crippen LogP contribution in [0, 0.1) is 6.92 Å². The Morgan fingerprint density at radius 3 is 2.77 bits per heavy atom. The van der Waals surface area contributed by atoms with E-state index in [2.05, 4.69) is 26.0 Å². The van der Waals surface area contributed by atoms with Gasteiger partial charge in [0.15, 0.2) is 11.5 Å². The molecule has 6 nitrogen and oxygen atoms in total. The molecule has 3 rings (SSSR count). The van der Waals surface area contributed by atoms with Crippen LogP contribution in [0.5, 0.6) is 11.5 Å². The summed E-state index contributed by atoms with van der Waals surface area (Å²) < 4.78 is 13.7. The maximum atomic E-state index is 12.9. The normalized spacial score (nSPS) is 12.5. The monoisotopic (exact) mass is 491 g/mol. The van der Waals surface area contributed by atoms with Crippen LogP contribution in [-0.2, 0) is 0 Å². The van der Waals surface area contributed by atoms with Crippen molar-refractivity contribution in [3.63, 3.8) is 0 Å². The molecule has 0 spiro atoms. The summed E-state index contributed by atoms with van der Waals surface area (Å²) >= 11 is 9.85. The fourth-order valence-corrected chi connectivity index (χ4v) is 3.47. The van der Waals surface area contributed by atoms with Crippen LogP contribution in [0.4, 0.5) is 0 Å². The number of aromatic nitrogens is 2. The lowest BCUT2D eigenvalue weighted by Crippen LogP contribution is -2.20.